The minimum atomic E-state index is -0.649. The molecule has 0 aromatic carbocycles. The van der Waals surface area contributed by atoms with Crippen LogP contribution in [0.4, 0.5) is 4.79 Å². The first kappa shape index (κ1) is 20.5. The van der Waals surface area contributed by atoms with Gasteiger partial charge < -0.3 is 24.4 Å². The Kier molecular flexibility index (Phi) is 6.16. The van der Waals surface area contributed by atoms with E-state index >= 15 is 0 Å². The first-order valence-corrected chi connectivity index (χ1v) is 8.96. The van der Waals surface area contributed by atoms with E-state index in [4.69, 9.17) is 14.2 Å². The van der Waals surface area contributed by atoms with Crippen LogP contribution in [-0.2, 0) is 23.8 Å². The van der Waals surface area contributed by atoms with E-state index in [2.05, 4.69) is 5.32 Å². The third-order valence-corrected chi connectivity index (χ3v) is 4.67. The molecule has 8 nitrogen and oxygen atoms in total. The van der Waals surface area contributed by atoms with Gasteiger partial charge in [0.05, 0.1) is 31.1 Å². The van der Waals surface area contributed by atoms with Gasteiger partial charge in [0.25, 0.3) is 0 Å². The van der Waals surface area contributed by atoms with E-state index in [1.165, 1.54) is 12.0 Å². The molecule has 2 fully saturated rings. The lowest BCUT2D eigenvalue weighted by molar-refractivity contribution is -0.148. The van der Waals surface area contributed by atoms with Crippen LogP contribution < -0.4 is 5.32 Å². The van der Waals surface area contributed by atoms with E-state index in [-0.39, 0.29) is 24.5 Å². The average Bonchev–Trinajstić information content (AvgIpc) is 3.31. The standard InChI is InChI=1S/C18H30N2O6/c1-17(2,3)26-16(23)20-9-12(8-13(10-20)15(22)25-5)14(21)19-18(6-7-18)11-24-4/h12-13H,6-11H2,1-5H3,(H,19,21)/t12-,13+/m0/s1. The van der Waals surface area contributed by atoms with Crippen molar-refractivity contribution in [1.82, 2.24) is 10.2 Å². The van der Waals surface area contributed by atoms with E-state index in [9.17, 15) is 14.4 Å². The van der Waals surface area contributed by atoms with Gasteiger partial charge in [-0.05, 0) is 40.0 Å². The molecule has 1 aliphatic carbocycles. The topological polar surface area (TPSA) is 94.2 Å². The van der Waals surface area contributed by atoms with Gasteiger partial charge in [-0.25, -0.2) is 4.79 Å². The highest BCUT2D eigenvalue weighted by Crippen LogP contribution is 2.36. The van der Waals surface area contributed by atoms with Gasteiger partial charge in [-0.15, -0.1) is 0 Å². The maximum Gasteiger partial charge on any atom is 0.410 e. The van der Waals surface area contributed by atoms with Crippen LogP contribution in [-0.4, -0.2) is 67.9 Å². The number of nitrogens with one attached hydrogen (secondary N) is 1. The normalized spacial score (nSPS) is 24.6. The molecule has 2 amide bonds. The van der Waals surface area contributed by atoms with E-state index in [1.54, 1.807) is 27.9 Å². The van der Waals surface area contributed by atoms with Crippen molar-refractivity contribution < 1.29 is 28.6 Å². The van der Waals surface area contributed by atoms with Crippen LogP contribution in [0.15, 0.2) is 0 Å². The molecular weight excluding hydrogens is 340 g/mol. The number of methoxy groups -OCH3 is 2. The first-order valence-electron chi connectivity index (χ1n) is 8.96. The molecule has 1 N–H and O–H groups in total. The molecule has 0 spiro atoms. The molecule has 1 saturated carbocycles. The number of carbonyl (C=O) groups excluding carboxylic acids is 3. The minimum Gasteiger partial charge on any atom is -0.469 e. The van der Waals surface area contributed by atoms with Crippen LogP contribution in [0.5, 0.6) is 0 Å². The van der Waals surface area contributed by atoms with Gasteiger partial charge in [-0.2, -0.15) is 0 Å². The van der Waals surface area contributed by atoms with Gasteiger partial charge in [0.1, 0.15) is 5.60 Å². The molecule has 1 heterocycles. The molecule has 1 saturated heterocycles. The van der Waals surface area contributed by atoms with Gasteiger partial charge in [0.15, 0.2) is 0 Å². The largest absolute Gasteiger partial charge is 0.469 e. The molecule has 26 heavy (non-hydrogen) atoms. The molecule has 2 rings (SSSR count). The molecule has 148 valence electrons. The second-order valence-electron chi connectivity index (χ2n) is 8.24. The zero-order valence-electron chi connectivity index (χ0n) is 16.3. The Bertz CT molecular complexity index is 552. The van der Waals surface area contributed by atoms with E-state index in [1.807, 2.05) is 0 Å². The Morgan fingerprint density at radius 1 is 1.12 bits per heavy atom. The zero-order chi connectivity index (χ0) is 19.5. The first-order chi connectivity index (χ1) is 12.1. The van der Waals surface area contributed by atoms with Crippen molar-refractivity contribution in [3.8, 4) is 0 Å². The highest BCUT2D eigenvalue weighted by molar-refractivity contribution is 5.83. The van der Waals surface area contributed by atoms with Gasteiger partial charge in [-0.1, -0.05) is 0 Å². The molecule has 0 aromatic heterocycles. The number of rotatable bonds is 5. The lowest BCUT2D eigenvalue weighted by Gasteiger charge is -2.37. The maximum absolute atomic E-state index is 12.7. The van der Waals surface area contributed by atoms with Crippen molar-refractivity contribution in [2.75, 3.05) is 33.9 Å². The molecule has 0 aromatic rings. The highest BCUT2D eigenvalue weighted by atomic mass is 16.6. The molecular formula is C18H30N2O6. The number of piperidine rings is 1. The molecule has 2 atom stereocenters. The van der Waals surface area contributed by atoms with Crippen molar-refractivity contribution in [3.05, 3.63) is 0 Å². The third kappa shape index (κ3) is 5.33. The van der Waals surface area contributed by atoms with Crippen molar-refractivity contribution in [2.45, 2.75) is 51.2 Å². The van der Waals surface area contributed by atoms with Crippen molar-refractivity contribution in [3.63, 3.8) is 0 Å². The van der Waals surface area contributed by atoms with Crippen LogP contribution in [0.3, 0.4) is 0 Å². The van der Waals surface area contributed by atoms with Gasteiger partial charge >= 0.3 is 12.1 Å². The summed E-state index contributed by atoms with van der Waals surface area (Å²) in [7, 11) is 2.91. The van der Waals surface area contributed by atoms with Crippen molar-refractivity contribution in [2.24, 2.45) is 11.8 Å². The summed E-state index contributed by atoms with van der Waals surface area (Å²) in [6, 6.07) is 0. The van der Waals surface area contributed by atoms with Crippen LogP contribution in [0.2, 0.25) is 0 Å². The van der Waals surface area contributed by atoms with Gasteiger partial charge in [0, 0.05) is 20.2 Å². The fourth-order valence-corrected chi connectivity index (χ4v) is 3.20. The fourth-order valence-electron chi connectivity index (χ4n) is 3.20. The molecule has 8 heteroatoms. The lowest BCUT2D eigenvalue weighted by Crippen LogP contribution is -2.53. The summed E-state index contributed by atoms with van der Waals surface area (Å²) in [5.41, 5.74) is -0.954. The Balaban J connectivity index is 2.08. The van der Waals surface area contributed by atoms with Crippen molar-refractivity contribution >= 4 is 18.0 Å². The molecule has 0 bridgehead atoms. The summed E-state index contributed by atoms with van der Waals surface area (Å²) in [4.78, 5) is 38.6. The monoisotopic (exact) mass is 370 g/mol. The van der Waals surface area contributed by atoms with Gasteiger partial charge in [0.2, 0.25) is 5.91 Å². The molecule has 1 aliphatic heterocycles. The predicted octanol–water partition coefficient (Wildman–Crippen LogP) is 1.33. The SMILES string of the molecule is COCC1(NC(=O)[C@H]2C[C@@H](C(=O)OC)CN(C(=O)OC(C)(C)C)C2)CC1. The van der Waals surface area contributed by atoms with E-state index in [0.717, 1.165) is 12.8 Å². The minimum absolute atomic E-state index is 0.165. The van der Waals surface area contributed by atoms with Crippen LogP contribution in [0, 0.1) is 11.8 Å². The zero-order valence-corrected chi connectivity index (χ0v) is 16.3. The van der Waals surface area contributed by atoms with Gasteiger partial charge in [-0.3, -0.25) is 9.59 Å². The summed E-state index contributed by atoms with van der Waals surface area (Å²) >= 11 is 0. The second-order valence-corrected chi connectivity index (χ2v) is 8.24. The number of hydrogen-bond acceptors (Lipinski definition) is 6. The Hall–Kier alpha value is -1.83. The van der Waals surface area contributed by atoms with Crippen LogP contribution in [0.1, 0.15) is 40.0 Å². The number of nitrogens with zero attached hydrogens (tertiary/aromatic N) is 1. The Labute approximate surface area is 154 Å². The second kappa shape index (κ2) is 7.82. The maximum atomic E-state index is 12.7. The molecule has 2 aliphatic rings. The number of amides is 2. The molecule has 0 unspecified atom stereocenters. The number of esters is 1. The van der Waals surface area contributed by atoms with Crippen LogP contribution >= 0.6 is 0 Å². The third-order valence-electron chi connectivity index (χ3n) is 4.67. The summed E-state index contributed by atoms with van der Waals surface area (Å²) in [6.07, 6.45) is 1.56. The summed E-state index contributed by atoms with van der Waals surface area (Å²) in [5.74, 6) is -1.62. The average molecular weight is 370 g/mol. The number of likely N-dealkylation sites (tertiary alicyclic amines) is 1. The van der Waals surface area contributed by atoms with E-state index in [0.29, 0.717) is 13.0 Å². The van der Waals surface area contributed by atoms with E-state index < -0.39 is 29.5 Å². The summed E-state index contributed by atoms with van der Waals surface area (Å²) in [5, 5.41) is 3.03. The predicted molar refractivity (Wildman–Crippen MR) is 93.4 cm³/mol. The highest BCUT2D eigenvalue weighted by Gasteiger charge is 2.46. The van der Waals surface area contributed by atoms with Crippen molar-refractivity contribution in [1.29, 1.82) is 0 Å². The Morgan fingerprint density at radius 2 is 1.73 bits per heavy atom. The Morgan fingerprint density at radius 3 is 2.23 bits per heavy atom. The quantitative estimate of drug-likeness (QED) is 0.734. The smallest absolute Gasteiger partial charge is 0.410 e. The fraction of sp³-hybridized carbons (Fsp3) is 0.833. The lowest BCUT2D eigenvalue weighted by atomic mass is 9.88. The van der Waals surface area contributed by atoms with Crippen LogP contribution in [0.25, 0.3) is 0 Å². The number of hydrogen-bond donors (Lipinski definition) is 1. The molecule has 0 radical (unpaired) electrons. The number of ether oxygens (including phenoxy) is 3. The summed E-state index contributed by atoms with van der Waals surface area (Å²) in [6.45, 7) is 6.20. The number of carbonyl (C=O) groups is 3. The summed E-state index contributed by atoms with van der Waals surface area (Å²) < 4.78 is 15.4.